The molecular formula is C52H62F3N11O4. The number of carbonyl (C=O) groups is 2. The zero-order chi connectivity index (χ0) is 50.0. The molecule has 4 aliphatic rings. The number of rotatable bonds is 11. The molecule has 3 aliphatic heterocycles. The van der Waals surface area contributed by atoms with Crippen molar-refractivity contribution in [2.45, 2.75) is 110 Å². The Morgan fingerprint density at radius 3 is 2.44 bits per heavy atom. The number of aromatic nitrogens is 5. The number of pyridine rings is 2. The van der Waals surface area contributed by atoms with Gasteiger partial charge in [0.1, 0.15) is 16.9 Å². The fraction of sp³-hybridized carbons (Fsp3) is 0.462. The lowest BCUT2D eigenvalue weighted by Crippen LogP contribution is -2.58. The standard InChI is InChI=1S/C52H62F3N11O4/c1-9-45(68)59-39-24-34(10-12-41(39)64-19-18-62(28-32(64)3)35-15-17-63(31(2)22-35)36-11-13-44(57-27-36)51(6,7)52(53,54)55)58-46-49(70)61(8)29-40(60-46)37-14-16-56-47(38(37)30-67)66-21-20-65-42(48(66)69)23-33-25-50(4,5)26-43(33)65/h9-14,16,23-24,27,29,31-32,35,67H,1,15,17-22,25-26,28,30H2,2-8H3,(H,58,60)(H,59,68)/t31-,32-,35?/m0/s1. The minimum Gasteiger partial charge on any atom is -0.392 e. The quantitative estimate of drug-likeness (QED) is 0.112. The van der Waals surface area contributed by atoms with Crippen LogP contribution >= 0.6 is 0 Å². The third-order valence-electron chi connectivity index (χ3n) is 14.9. The van der Waals surface area contributed by atoms with Crippen molar-refractivity contribution in [3.8, 4) is 11.3 Å². The highest BCUT2D eigenvalue weighted by molar-refractivity contribution is 6.06. The molecule has 3 atom stereocenters. The van der Waals surface area contributed by atoms with Gasteiger partial charge in [-0.25, -0.2) is 9.97 Å². The Kier molecular flexibility index (Phi) is 12.7. The van der Waals surface area contributed by atoms with Crippen LogP contribution in [0.2, 0.25) is 0 Å². The monoisotopic (exact) mass is 961 g/mol. The van der Waals surface area contributed by atoms with Crippen LogP contribution in [-0.4, -0.2) is 103 Å². The van der Waals surface area contributed by atoms with E-state index >= 15 is 0 Å². The summed E-state index contributed by atoms with van der Waals surface area (Å²) in [5.74, 6) is -0.220. The van der Waals surface area contributed by atoms with Gasteiger partial charge in [-0.3, -0.25) is 29.2 Å². The number of fused-ring (bicyclic) bond motifs is 3. The average Bonchev–Trinajstić information content (AvgIpc) is 3.82. The maximum atomic E-state index is 14.1. The molecule has 15 nitrogen and oxygen atoms in total. The van der Waals surface area contributed by atoms with Gasteiger partial charge in [0, 0.05) is 99.3 Å². The molecule has 0 saturated carbocycles. The molecular weight excluding hydrogens is 900 g/mol. The summed E-state index contributed by atoms with van der Waals surface area (Å²) >= 11 is 0. The van der Waals surface area contributed by atoms with E-state index in [0.717, 1.165) is 70.5 Å². The van der Waals surface area contributed by atoms with Crippen LogP contribution < -0.4 is 30.9 Å². The van der Waals surface area contributed by atoms with Crippen molar-refractivity contribution in [2.75, 3.05) is 58.1 Å². The van der Waals surface area contributed by atoms with Gasteiger partial charge < -0.3 is 34.7 Å². The predicted molar refractivity (Wildman–Crippen MR) is 266 cm³/mol. The maximum absolute atomic E-state index is 14.1. The van der Waals surface area contributed by atoms with Crippen LogP contribution in [0.25, 0.3) is 11.3 Å². The second kappa shape index (κ2) is 18.3. The number of halogens is 3. The maximum Gasteiger partial charge on any atom is 0.399 e. The minimum absolute atomic E-state index is 0.00459. The van der Waals surface area contributed by atoms with Crippen molar-refractivity contribution in [2.24, 2.45) is 12.5 Å². The van der Waals surface area contributed by atoms with Crippen molar-refractivity contribution in [3.05, 3.63) is 112 Å². The molecule has 3 N–H and O–H groups in total. The fourth-order valence-electron chi connectivity index (χ4n) is 10.9. The molecule has 2 saturated heterocycles. The molecule has 370 valence electrons. The molecule has 70 heavy (non-hydrogen) atoms. The van der Waals surface area contributed by atoms with Crippen LogP contribution in [0.4, 0.5) is 47.6 Å². The molecule has 0 radical (unpaired) electrons. The van der Waals surface area contributed by atoms with Crippen molar-refractivity contribution in [3.63, 3.8) is 0 Å². The van der Waals surface area contributed by atoms with E-state index in [0.29, 0.717) is 65.4 Å². The number of aliphatic hydroxyl groups is 1. The summed E-state index contributed by atoms with van der Waals surface area (Å²) in [5.41, 5.74) is 4.69. The van der Waals surface area contributed by atoms with Crippen molar-refractivity contribution in [1.82, 2.24) is 29.0 Å². The number of nitrogens with one attached hydrogen (secondary N) is 2. The van der Waals surface area contributed by atoms with Gasteiger partial charge in [0.25, 0.3) is 11.5 Å². The van der Waals surface area contributed by atoms with Crippen LogP contribution in [0.3, 0.4) is 0 Å². The molecule has 0 bridgehead atoms. The van der Waals surface area contributed by atoms with E-state index in [4.69, 9.17) is 4.98 Å². The Morgan fingerprint density at radius 1 is 0.971 bits per heavy atom. The van der Waals surface area contributed by atoms with E-state index in [1.54, 1.807) is 48.7 Å². The summed E-state index contributed by atoms with van der Waals surface area (Å²) in [4.78, 5) is 62.8. The van der Waals surface area contributed by atoms with Gasteiger partial charge in [-0.15, -0.1) is 0 Å². The zero-order valence-corrected chi connectivity index (χ0v) is 40.9. The third kappa shape index (κ3) is 8.95. The molecule has 1 aromatic carbocycles. The van der Waals surface area contributed by atoms with E-state index in [9.17, 15) is 32.7 Å². The Bertz CT molecular complexity index is 2910. The van der Waals surface area contributed by atoms with Gasteiger partial charge in [0.15, 0.2) is 5.82 Å². The molecule has 9 rings (SSSR count). The number of anilines is 6. The highest BCUT2D eigenvalue weighted by atomic mass is 19.4. The Labute approximate surface area is 406 Å². The summed E-state index contributed by atoms with van der Waals surface area (Å²) in [6.45, 7) is 18.3. The molecule has 18 heteroatoms. The van der Waals surface area contributed by atoms with E-state index in [-0.39, 0.29) is 34.9 Å². The SMILES string of the molecule is C=CC(=O)Nc1cc(Nc2nc(-c3ccnc(N4CCn5c(cc6c5CC(C)(C)C6)C4=O)c3CO)cn(C)c2=O)ccc1N1CCN(C2CCN(c3ccc(C(C)(C)C(F)(F)F)nc3)[C@@H](C)C2)C[C@@H]1C. The van der Waals surface area contributed by atoms with E-state index in [1.807, 2.05) is 18.2 Å². The summed E-state index contributed by atoms with van der Waals surface area (Å²) < 4.78 is 44.6. The van der Waals surface area contributed by atoms with Gasteiger partial charge in [0.2, 0.25) is 5.91 Å². The summed E-state index contributed by atoms with van der Waals surface area (Å²) in [6, 6.07) is 13.0. The first-order valence-electron chi connectivity index (χ1n) is 24.0. The van der Waals surface area contributed by atoms with Crippen LogP contribution in [0.15, 0.2) is 78.5 Å². The Hall–Kier alpha value is -6.53. The summed E-state index contributed by atoms with van der Waals surface area (Å²) in [5, 5.41) is 17.0. The first-order chi connectivity index (χ1) is 33.2. The number of nitrogens with zero attached hydrogens (tertiary/aromatic N) is 9. The normalized spacial score (nSPS) is 20.6. The first-order valence-corrected chi connectivity index (χ1v) is 24.0. The van der Waals surface area contributed by atoms with Gasteiger partial charge >= 0.3 is 6.18 Å². The second-order valence-corrected chi connectivity index (χ2v) is 20.7. The van der Waals surface area contributed by atoms with E-state index in [2.05, 4.69) is 74.1 Å². The molecule has 4 aromatic heterocycles. The molecule has 0 spiro atoms. The summed E-state index contributed by atoms with van der Waals surface area (Å²) in [6.07, 6.45) is 5.13. The number of piperazine rings is 1. The van der Waals surface area contributed by atoms with Gasteiger partial charge in [-0.1, -0.05) is 20.4 Å². The number of piperidine rings is 1. The fourth-order valence-corrected chi connectivity index (χ4v) is 10.9. The number of aryl methyl sites for hydroxylation is 1. The number of hydrogen-bond donors (Lipinski definition) is 3. The molecule has 1 unspecified atom stereocenters. The zero-order valence-electron chi connectivity index (χ0n) is 40.9. The number of hydrogen-bond acceptors (Lipinski definition) is 11. The number of benzene rings is 1. The highest BCUT2D eigenvalue weighted by Gasteiger charge is 2.49. The average molecular weight is 962 g/mol. The minimum atomic E-state index is -4.41. The predicted octanol–water partition coefficient (Wildman–Crippen LogP) is 7.59. The highest BCUT2D eigenvalue weighted by Crippen LogP contribution is 2.42. The summed E-state index contributed by atoms with van der Waals surface area (Å²) in [7, 11) is 1.62. The van der Waals surface area contributed by atoms with Gasteiger partial charge in [0.05, 0.1) is 41.3 Å². The van der Waals surface area contributed by atoms with Gasteiger partial charge in [-0.2, -0.15) is 13.2 Å². The molecule has 2 amide bonds. The van der Waals surface area contributed by atoms with Crippen LogP contribution in [0.5, 0.6) is 0 Å². The lowest BCUT2D eigenvalue weighted by atomic mass is 9.88. The van der Waals surface area contributed by atoms with Gasteiger partial charge in [-0.05, 0) is 113 Å². The number of alkyl halides is 3. The first kappa shape index (κ1) is 48.5. The Balaban J connectivity index is 0.905. The van der Waals surface area contributed by atoms with Crippen molar-refractivity contribution in [1.29, 1.82) is 0 Å². The second-order valence-electron chi connectivity index (χ2n) is 20.7. The molecule has 5 aromatic rings. The van der Waals surface area contributed by atoms with E-state index in [1.165, 1.54) is 28.0 Å². The van der Waals surface area contributed by atoms with Crippen molar-refractivity contribution < 1.29 is 27.9 Å². The van der Waals surface area contributed by atoms with Crippen LogP contribution in [0, 0.1) is 5.41 Å². The molecule has 1 aliphatic carbocycles. The lowest BCUT2D eigenvalue weighted by molar-refractivity contribution is -0.181. The molecule has 2 fully saturated rings. The largest absolute Gasteiger partial charge is 0.399 e. The molecule has 7 heterocycles. The smallest absolute Gasteiger partial charge is 0.392 e. The topological polar surface area (TPSA) is 157 Å². The number of carbonyl (C=O) groups excluding carboxylic acids is 2. The lowest BCUT2D eigenvalue weighted by Gasteiger charge is -2.48. The Morgan fingerprint density at radius 2 is 1.76 bits per heavy atom. The van der Waals surface area contributed by atoms with Crippen LogP contribution in [0.1, 0.15) is 87.4 Å². The third-order valence-corrected chi connectivity index (χ3v) is 14.9. The number of aliphatic hydroxyl groups excluding tert-OH is 1. The van der Waals surface area contributed by atoms with E-state index < -0.39 is 29.7 Å². The van der Waals surface area contributed by atoms with Crippen LogP contribution in [-0.2, 0) is 43.3 Å². The van der Waals surface area contributed by atoms with Crippen molar-refractivity contribution >= 4 is 46.2 Å². The number of amides is 2.